The van der Waals surface area contributed by atoms with Gasteiger partial charge in [-0.1, -0.05) is 48.7 Å². The highest BCUT2D eigenvalue weighted by Gasteiger charge is 2.40. The van der Waals surface area contributed by atoms with Crippen LogP contribution in [0.4, 0.5) is 0 Å². The van der Waals surface area contributed by atoms with E-state index in [-0.39, 0.29) is 11.5 Å². The molecule has 2 rings (SSSR count). The Kier molecular flexibility index (Phi) is 3.68. The molecule has 0 radical (unpaired) electrons. The molecule has 1 aromatic rings. The first-order chi connectivity index (χ1) is 8.19. The van der Waals surface area contributed by atoms with Crippen LogP contribution in [0.1, 0.15) is 43.2 Å². The van der Waals surface area contributed by atoms with E-state index in [1.165, 1.54) is 17.5 Å². The summed E-state index contributed by atoms with van der Waals surface area (Å²) < 4.78 is 0. The van der Waals surface area contributed by atoms with E-state index in [2.05, 4.69) is 37.8 Å². The molecule has 0 bridgehead atoms. The van der Waals surface area contributed by atoms with Crippen LogP contribution in [-0.4, -0.2) is 11.2 Å². The van der Waals surface area contributed by atoms with Gasteiger partial charge in [-0.25, -0.2) is 0 Å². The SMILES string of the molecule is C=CC[C@]1(c2ccc(C)cc2)CCCC[C@H]1O. The Morgan fingerprint density at radius 2 is 2.06 bits per heavy atom. The van der Waals surface area contributed by atoms with Gasteiger partial charge in [-0.15, -0.1) is 6.58 Å². The van der Waals surface area contributed by atoms with E-state index in [9.17, 15) is 5.11 Å². The minimum Gasteiger partial charge on any atom is -0.392 e. The number of allylic oxidation sites excluding steroid dienone is 1. The second kappa shape index (κ2) is 5.05. The zero-order chi connectivity index (χ0) is 12.3. The summed E-state index contributed by atoms with van der Waals surface area (Å²) in [6.45, 7) is 5.96. The topological polar surface area (TPSA) is 20.2 Å². The minimum absolute atomic E-state index is 0.0896. The number of aliphatic hydroxyl groups is 1. The summed E-state index contributed by atoms with van der Waals surface area (Å²) in [5.41, 5.74) is 2.45. The molecule has 0 spiro atoms. The zero-order valence-corrected chi connectivity index (χ0v) is 10.7. The van der Waals surface area contributed by atoms with E-state index < -0.39 is 0 Å². The molecule has 1 nitrogen and oxygen atoms in total. The fraction of sp³-hybridized carbons (Fsp3) is 0.500. The molecular formula is C16H22O. The van der Waals surface area contributed by atoms with E-state index in [4.69, 9.17) is 0 Å². The van der Waals surface area contributed by atoms with Crippen molar-refractivity contribution >= 4 is 0 Å². The maximum Gasteiger partial charge on any atom is 0.0639 e. The second-order valence-corrected chi connectivity index (χ2v) is 5.28. The van der Waals surface area contributed by atoms with E-state index >= 15 is 0 Å². The smallest absolute Gasteiger partial charge is 0.0639 e. The Hall–Kier alpha value is -1.08. The number of aryl methyl sites for hydroxylation is 1. The van der Waals surface area contributed by atoms with Gasteiger partial charge < -0.3 is 5.11 Å². The normalized spacial score (nSPS) is 28.9. The van der Waals surface area contributed by atoms with Gasteiger partial charge in [0.05, 0.1) is 6.10 Å². The summed E-state index contributed by atoms with van der Waals surface area (Å²) >= 11 is 0. The lowest BCUT2D eigenvalue weighted by atomic mass is 9.65. The third-order valence-electron chi connectivity index (χ3n) is 4.12. The predicted molar refractivity (Wildman–Crippen MR) is 72.1 cm³/mol. The van der Waals surface area contributed by atoms with Crippen LogP contribution < -0.4 is 0 Å². The van der Waals surface area contributed by atoms with E-state index in [0.717, 1.165) is 25.7 Å². The van der Waals surface area contributed by atoms with E-state index in [1.807, 2.05) is 6.08 Å². The first-order valence-electron chi connectivity index (χ1n) is 6.55. The number of aliphatic hydroxyl groups excluding tert-OH is 1. The molecule has 1 aromatic carbocycles. The standard InChI is InChI=1S/C16H22O/c1-3-11-16(12-5-4-6-15(16)17)14-9-7-13(2)8-10-14/h3,7-10,15,17H,1,4-6,11-12H2,2H3/t15-,16-/m1/s1. The van der Waals surface area contributed by atoms with Crippen LogP contribution >= 0.6 is 0 Å². The Bertz CT molecular complexity index is 379. The van der Waals surface area contributed by atoms with Crippen LogP contribution in [0.25, 0.3) is 0 Å². The largest absolute Gasteiger partial charge is 0.392 e. The third-order valence-corrected chi connectivity index (χ3v) is 4.12. The first-order valence-corrected chi connectivity index (χ1v) is 6.55. The summed E-state index contributed by atoms with van der Waals surface area (Å²) in [6.07, 6.45) is 6.94. The molecule has 0 unspecified atom stereocenters. The van der Waals surface area contributed by atoms with Crippen LogP contribution in [0.3, 0.4) is 0 Å². The zero-order valence-electron chi connectivity index (χ0n) is 10.7. The molecule has 2 atom stereocenters. The van der Waals surface area contributed by atoms with Gasteiger partial charge in [0.15, 0.2) is 0 Å². The Balaban J connectivity index is 2.38. The van der Waals surface area contributed by atoms with E-state index in [1.54, 1.807) is 0 Å². The van der Waals surface area contributed by atoms with Gasteiger partial charge in [0.25, 0.3) is 0 Å². The van der Waals surface area contributed by atoms with Crippen molar-refractivity contribution in [3.8, 4) is 0 Å². The lowest BCUT2D eigenvalue weighted by Crippen LogP contribution is -2.41. The highest BCUT2D eigenvalue weighted by Crippen LogP contribution is 2.42. The molecule has 1 saturated carbocycles. The molecule has 0 amide bonds. The molecule has 1 fully saturated rings. The molecule has 1 N–H and O–H groups in total. The summed E-state index contributed by atoms with van der Waals surface area (Å²) in [4.78, 5) is 0. The molecule has 1 heteroatoms. The number of rotatable bonds is 3. The van der Waals surface area contributed by atoms with Gasteiger partial charge in [0.1, 0.15) is 0 Å². The molecule has 92 valence electrons. The average molecular weight is 230 g/mol. The fourth-order valence-electron chi connectivity index (χ4n) is 3.06. The third kappa shape index (κ3) is 2.30. The van der Waals surface area contributed by atoms with Crippen LogP contribution in [0.5, 0.6) is 0 Å². The van der Waals surface area contributed by atoms with Crippen LogP contribution in [0, 0.1) is 6.92 Å². The van der Waals surface area contributed by atoms with Crippen molar-refractivity contribution in [1.82, 2.24) is 0 Å². The maximum atomic E-state index is 10.4. The Labute approximate surface area is 104 Å². The van der Waals surface area contributed by atoms with Crippen LogP contribution in [-0.2, 0) is 5.41 Å². The monoisotopic (exact) mass is 230 g/mol. The van der Waals surface area contributed by atoms with Gasteiger partial charge in [-0.2, -0.15) is 0 Å². The molecule has 0 heterocycles. The first kappa shape index (κ1) is 12.4. The number of hydrogen-bond acceptors (Lipinski definition) is 1. The summed E-state index contributed by atoms with van der Waals surface area (Å²) in [6, 6.07) is 8.63. The van der Waals surface area contributed by atoms with Gasteiger partial charge in [-0.05, 0) is 31.7 Å². The quantitative estimate of drug-likeness (QED) is 0.784. The lowest BCUT2D eigenvalue weighted by molar-refractivity contribution is 0.0430. The summed E-state index contributed by atoms with van der Waals surface area (Å²) in [5, 5.41) is 10.4. The Morgan fingerprint density at radius 1 is 1.35 bits per heavy atom. The highest BCUT2D eigenvalue weighted by atomic mass is 16.3. The molecule has 0 aliphatic heterocycles. The minimum atomic E-state index is -0.225. The molecule has 0 saturated heterocycles. The lowest BCUT2D eigenvalue weighted by Gasteiger charge is -2.41. The molecule has 1 aliphatic rings. The molecular weight excluding hydrogens is 208 g/mol. The highest BCUT2D eigenvalue weighted by molar-refractivity contribution is 5.31. The molecule has 0 aromatic heterocycles. The van der Waals surface area contributed by atoms with Crippen molar-refractivity contribution in [2.45, 2.75) is 50.5 Å². The van der Waals surface area contributed by atoms with Gasteiger partial charge in [0.2, 0.25) is 0 Å². The number of benzene rings is 1. The second-order valence-electron chi connectivity index (χ2n) is 5.28. The van der Waals surface area contributed by atoms with Crippen molar-refractivity contribution < 1.29 is 5.11 Å². The van der Waals surface area contributed by atoms with Crippen LogP contribution in [0.15, 0.2) is 36.9 Å². The Morgan fingerprint density at radius 3 is 2.65 bits per heavy atom. The average Bonchev–Trinajstić information content (AvgIpc) is 2.33. The van der Waals surface area contributed by atoms with Crippen molar-refractivity contribution in [3.05, 3.63) is 48.0 Å². The molecule has 17 heavy (non-hydrogen) atoms. The van der Waals surface area contributed by atoms with Crippen molar-refractivity contribution in [2.75, 3.05) is 0 Å². The van der Waals surface area contributed by atoms with Crippen LogP contribution in [0.2, 0.25) is 0 Å². The van der Waals surface area contributed by atoms with Gasteiger partial charge in [-0.3, -0.25) is 0 Å². The molecule has 1 aliphatic carbocycles. The van der Waals surface area contributed by atoms with Crippen molar-refractivity contribution in [2.24, 2.45) is 0 Å². The van der Waals surface area contributed by atoms with E-state index in [0.29, 0.717) is 0 Å². The summed E-state index contributed by atoms with van der Waals surface area (Å²) in [5.74, 6) is 0. The van der Waals surface area contributed by atoms with Crippen molar-refractivity contribution in [3.63, 3.8) is 0 Å². The predicted octanol–water partition coefficient (Wildman–Crippen LogP) is 3.74. The van der Waals surface area contributed by atoms with Crippen molar-refractivity contribution in [1.29, 1.82) is 0 Å². The fourth-order valence-corrected chi connectivity index (χ4v) is 3.06. The van der Waals surface area contributed by atoms with Gasteiger partial charge >= 0.3 is 0 Å². The number of hydrogen-bond donors (Lipinski definition) is 1. The van der Waals surface area contributed by atoms with Gasteiger partial charge in [0, 0.05) is 5.41 Å². The summed E-state index contributed by atoms with van der Waals surface area (Å²) in [7, 11) is 0. The maximum absolute atomic E-state index is 10.4.